The minimum Gasteiger partial charge on any atom is -0.253 e. The average Bonchev–Trinajstić information content (AvgIpc) is 2.78. The number of halogens is 4. The Labute approximate surface area is 116 Å². The van der Waals surface area contributed by atoms with Crippen LogP contribution in [0.5, 0.6) is 0 Å². The van der Waals surface area contributed by atoms with Crippen LogP contribution in [0.25, 0.3) is 0 Å². The predicted molar refractivity (Wildman–Crippen MR) is 69.4 cm³/mol. The Kier molecular flexibility index (Phi) is 4.33. The normalized spacial score (nSPS) is 11.5. The lowest BCUT2D eigenvalue weighted by Crippen LogP contribution is -1.99. The number of thiazole rings is 1. The summed E-state index contributed by atoms with van der Waals surface area (Å²) in [6.07, 6.45) is -2.06. The molecule has 0 saturated carbocycles. The van der Waals surface area contributed by atoms with Crippen molar-refractivity contribution in [2.24, 2.45) is 5.10 Å². The highest BCUT2D eigenvalue weighted by Crippen LogP contribution is 2.24. The van der Waals surface area contributed by atoms with E-state index in [1.807, 2.05) is 0 Å². The van der Waals surface area contributed by atoms with Gasteiger partial charge in [-0.05, 0) is 19.1 Å². The van der Waals surface area contributed by atoms with E-state index in [0.29, 0.717) is 17.3 Å². The molecule has 1 N–H and O–H groups in total. The van der Waals surface area contributed by atoms with E-state index in [1.165, 1.54) is 11.3 Å². The van der Waals surface area contributed by atoms with Gasteiger partial charge in [-0.1, -0.05) is 0 Å². The Morgan fingerprint density at radius 1 is 1.30 bits per heavy atom. The molecule has 1 aromatic heterocycles. The number of nitrogens with zero attached hydrogens (tertiary/aromatic N) is 2. The van der Waals surface area contributed by atoms with E-state index in [9.17, 15) is 17.6 Å². The van der Waals surface area contributed by atoms with Gasteiger partial charge in [-0.15, -0.1) is 11.3 Å². The van der Waals surface area contributed by atoms with Gasteiger partial charge in [-0.25, -0.2) is 22.5 Å². The Morgan fingerprint density at radius 3 is 2.65 bits per heavy atom. The number of benzene rings is 1. The summed E-state index contributed by atoms with van der Waals surface area (Å²) in [4.78, 5) is 4.05. The minimum absolute atomic E-state index is 0.229. The molecule has 8 heteroatoms. The van der Waals surface area contributed by atoms with E-state index in [0.717, 1.165) is 11.9 Å². The third-order valence-electron chi connectivity index (χ3n) is 2.33. The number of rotatable bonds is 4. The van der Waals surface area contributed by atoms with Crippen LogP contribution in [0.3, 0.4) is 0 Å². The molecule has 1 heterocycles. The molecule has 1 aromatic carbocycles. The highest BCUT2D eigenvalue weighted by Gasteiger charge is 2.16. The van der Waals surface area contributed by atoms with Crippen LogP contribution in [0.15, 0.2) is 22.6 Å². The van der Waals surface area contributed by atoms with Gasteiger partial charge in [0.1, 0.15) is 11.6 Å². The van der Waals surface area contributed by atoms with Gasteiger partial charge in [0.05, 0.1) is 17.5 Å². The Balaban J connectivity index is 2.15. The summed E-state index contributed by atoms with van der Waals surface area (Å²) in [5, 5.41) is 5.96. The van der Waals surface area contributed by atoms with Gasteiger partial charge >= 0.3 is 0 Å². The minimum atomic E-state index is -3.06. The van der Waals surface area contributed by atoms with Crippen molar-refractivity contribution < 1.29 is 17.6 Å². The lowest BCUT2D eigenvalue weighted by atomic mass is 10.1. The summed E-state index contributed by atoms with van der Waals surface area (Å²) in [7, 11) is 0. The number of nitrogens with one attached hydrogen (secondary N) is 1. The quantitative estimate of drug-likeness (QED) is 0.524. The maximum Gasteiger partial charge on any atom is 0.266 e. The van der Waals surface area contributed by atoms with Gasteiger partial charge in [-0.2, -0.15) is 5.10 Å². The molecule has 0 amide bonds. The molecule has 0 aliphatic carbocycles. The van der Waals surface area contributed by atoms with Crippen LogP contribution in [0.2, 0.25) is 0 Å². The van der Waals surface area contributed by atoms with E-state index in [2.05, 4.69) is 15.5 Å². The molecular formula is C12H9F4N3S. The van der Waals surface area contributed by atoms with Gasteiger partial charge in [-0.3, -0.25) is 5.43 Å². The molecule has 20 heavy (non-hydrogen) atoms. The fourth-order valence-electron chi connectivity index (χ4n) is 1.41. The van der Waals surface area contributed by atoms with Crippen molar-refractivity contribution in [3.63, 3.8) is 0 Å². The van der Waals surface area contributed by atoms with Gasteiger partial charge in [0.15, 0.2) is 0 Å². The molecule has 0 bridgehead atoms. The van der Waals surface area contributed by atoms with Crippen molar-refractivity contribution in [1.82, 2.24) is 4.98 Å². The van der Waals surface area contributed by atoms with E-state index in [4.69, 9.17) is 0 Å². The molecule has 0 fully saturated rings. The number of hydrogen-bond donors (Lipinski definition) is 1. The van der Waals surface area contributed by atoms with Crippen LogP contribution in [0, 0.1) is 18.6 Å². The Morgan fingerprint density at radius 2 is 2.05 bits per heavy atom. The molecule has 2 aromatic rings. The standard InChI is InChI=1S/C12H9F4N3S/c1-6-5-20-12(18-6)19-17-4-7-2-10(14)8(11(15)16)3-9(7)13/h2-5,11H,1H3,(H,18,19). The fourth-order valence-corrected chi connectivity index (χ4v) is 2.04. The number of anilines is 1. The summed E-state index contributed by atoms with van der Waals surface area (Å²) in [6, 6.07) is 1.14. The molecule has 0 aliphatic rings. The molecule has 0 radical (unpaired) electrons. The number of aryl methyl sites for hydroxylation is 1. The SMILES string of the molecule is Cc1csc(NN=Cc2cc(F)c(C(F)F)cc2F)n1. The van der Waals surface area contributed by atoms with Gasteiger partial charge < -0.3 is 0 Å². The van der Waals surface area contributed by atoms with E-state index < -0.39 is 23.6 Å². The molecular weight excluding hydrogens is 294 g/mol. The van der Waals surface area contributed by atoms with Crippen molar-refractivity contribution in [1.29, 1.82) is 0 Å². The van der Waals surface area contributed by atoms with Crippen LogP contribution in [0.1, 0.15) is 23.2 Å². The first-order chi connectivity index (χ1) is 9.47. The Bertz CT molecular complexity index is 640. The van der Waals surface area contributed by atoms with Gasteiger partial charge in [0.25, 0.3) is 6.43 Å². The zero-order valence-corrected chi connectivity index (χ0v) is 11.0. The summed E-state index contributed by atoms with van der Waals surface area (Å²) >= 11 is 1.30. The number of aromatic nitrogens is 1. The molecule has 106 valence electrons. The Hall–Kier alpha value is -1.96. The second-order valence-corrected chi connectivity index (χ2v) is 4.72. The van der Waals surface area contributed by atoms with Crippen LogP contribution < -0.4 is 5.43 Å². The number of hydrazone groups is 1. The van der Waals surface area contributed by atoms with Crippen LogP contribution in [-0.2, 0) is 0 Å². The average molecular weight is 303 g/mol. The topological polar surface area (TPSA) is 37.3 Å². The lowest BCUT2D eigenvalue weighted by Gasteiger charge is -2.04. The summed E-state index contributed by atoms with van der Waals surface area (Å²) in [5.74, 6) is -2.14. The molecule has 3 nitrogen and oxygen atoms in total. The number of alkyl halides is 2. The third kappa shape index (κ3) is 3.32. The van der Waals surface area contributed by atoms with E-state index >= 15 is 0 Å². The second-order valence-electron chi connectivity index (χ2n) is 3.86. The monoisotopic (exact) mass is 303 g/mol. The highest BCUT2D eigenvalue weighted by atomic mass is 32.1. The highest BCUT2D eigenvalue weighted by molar-refractivity contribution is 7.13. The molecule has 0 atom stereocenters. The van der Waals surface area contributed by atoms with Crippen molar-refractivity contribution in [2.45, 2.75) is 13.3 Å². The van der Waals surface area contributed by atoms with E-state index in [1.54, 1.807) is 12.3 Å². The predicted octanol–water partition coefficient (Wildman–Crippen LogP) is 4.11. The lowest BCUT2D eigenvalue weighted by molar-refractivity contribution is 0.146. The van der Waals surface area contributed by atoms with Crippen molar-refractivity contribution in [3.05, 3.63) is 46.0 Å². The molecule has 0 saturated heterocycles. The maximum atomic E-state index is 13.5. The first-order valence-corrected chi connectivity index (χ1v) is 6.33. The zero-order chi connectivity index (χ0) is 14.7. The number of hydrogen-bond acceptors (Lipinski definition) is 4. The first-order valence-electron chi connectivity index (χ1n) is 5.45. The summed E-state index contributed by atoms with van der Waals surface area (Å²) < 4.78 is 51.5. The summed E-state index contributed by atoms with van der Waals surface area (Å²) in [5.41, 5.74) is 2.14. The molecule has 0 spiro atoms. The van der Waals surface area contributed by atoms with Crippen LogP contribution in [-0.4, -0.2) is 11.2 Å². The van der Waals surface area contributed by atoms with Crippen molar-refractivity contribution in [3.8, 4) is 0 Å². The molecule has 0 aliphatic heterocycles. The van der Waals surface area contributed by atoms with Crippen molar-refractivity contribution in [2.75, 3.05) is 5.43 Å². The van der Waals surface area contributed by atoms with Crippen LogP contribution in [0.4, 0.5) is 22.7 Å². The van der Waals surface area contributed by atoms with Crippen molar-refractivity contribution >= 4 is 22.7 Å². The second kappa shape index (κ2) is 6.00. The molecule has 2 rings (SSSR count). The van der Waals surface area contributed by atoms with Gasteiger partial charge in [0.2, 0.25) is 5.13 Å². The smallest absolute Gasteiger partial charge is 0.253 e. The van der Waals surface area contributed by atoms with Gasteiger partial charge in [0, 0.05) is 10.9 Å². The summed E-state index contributed by atoms with van der Waals surface area (Å²) in [6.45, 7) is 1.80. The first kappa shape index (κ1) is 14.4. The largest absolute Gasteiger partial charge is 0.266 e. The fraction of sp³-hybridized carbons (Fsp3) is 0.167. The van der Waals surface area contributed by atoms with Crippen LogP contribution >= 0.6 is 11.3 Å². The van der Waals surface area contributed by atoms with E-state index in [-0.39, 0.29) is 5.56 Å². The zero-order valence-electron chi connectivity index (χ0n) is 10.2. The molecule has 0 unspecified atom stereocenters. The maximum absolute atomic E-state index is 13.5. The third-order valence-corrected chi connectivity index (χ3v) is 3.20.